The molecule has 0 spiro atoms. The number of rotatable bonds is 3. The number of nitrogens with two attached hydrogens (primary N) is 1. The minimum Gasteiger partial charge on any atom is -0.350 e. The predicted octanol–water partition coefficient (Wildman–Crippen LogP) is 4.45. The van der Waals surface area contributed by atoms with Gasteiger partial charge in [0.2, 0.25) is 0 Å². The lowest BCUT2D eigenvalue weighted by atomic mass is 10.1. The zero-order valence-electron chi connectivity index (χ0n) is 12.3. The van der Waals surface area contributed by atoms with E-state index in [9.17, 15) is 31.1 Å². The van der Waals surface area contributed by atoms with Crippen LogP contribution in [0, 0.1) is 0 Å². The Morgan fingerprint density at radius 3 is 1.48 bits per heavy atom. The standard InChI is InChI=1S/C15H11F6N3O/c16-14(17,18)9-5-1-3-7-11(9)24(23-13(22)25)12-8-4-2-6-10(12)15(19,20)21/h1-8H,(H3,22,23,25). The Hall–Kier alpha value is -2.91. The fourth-order valence-electron chi connectivity index (χ4n) is 2.18. The summed E-state index contributed by atoms with van der Waals surface area (Å²) in [5.41, 5.74) is 2.86. The average molecular weight is 363 g/mol. The summed E-state index contributed by atoms with van der Waals surface area (Å²) < 4.78 is 79.2. The molecule has 4 nitrogen and oxygen atoms in total. The summed E-state index contributed by atoms with van der Waals surface area (Å²) in [4.78, 5) is 11.2. The zero-order chi connectivity index (χ0) is 18.8. The molecule has 2 aromatic carbocycles. The van der Waals surface area contributed by atoms with Gasteiger partial charge in [-0.1, -0.05) is 24.3 Å². The Kier molecular flexibility index (Phi) is 4.82. The normalized spacial score (nSPS) is 11.9. The van der Waals surface area contributed by atoms with E-state index < -0.39 is 40.9 Å². The van der Waals surface area contributed by atoms with Crippen LogP contribution in [0.3, 0.4) is 0 Å². The van der Waals surface area contributed by atoms with Crippen molar-refractivity contribution in [2.45, 2.75) is 12.4 Å². The molecule has 0 atom stereocenters. The van der Waals surface area contributed by atoms with Gasteiger partial charge in [-0.15, -0.1) is 0 Å². The maximum Gasteiger partial charge on any atom is 0.418 e. The maximum absolute atomic E-state index is 13.2. The number of urea groups is 1. The second-order valence-electron chi connectivity index (χ2n) is 4.84. The van der Waals surface area contributed by atoms with Crippen molar-refractivity contribution >= 4 is 17.4 Å². The molecule has 134 valence electrons. The van der Waals surface area contributed by atoms with Gasteiger partial charge in [-0.3, -0.25) is 5.01 Å². The molecule has 0 saturated heterocycles. The third-order valence-corrected chi connectivity index (χ3v) is 3.12. The second kappa shape index (κ2) is 6.54. The van der Waals surface area contributed by atoms with E-state index in [0.29, 0.717) is 17.1 Å². The lowest BCUT2D eigenvalue weighted by molar-refractivity contribution is -0.137. The third kappa shape index (κ3) is 4.14. The molecule has 2 amide bonds. The van der Waals surface area contributed by atoms with Crippen molar-refractivity contribution in [3.05, 3.63) is 59.7 Å². The van der Waals surface area contributed by atoms with Crippen LogP contribution in [-0.4, -0.2) is 6.03 Å². The number of para-hydroxylation sites is 2. The van der Waals surface area contributed by atoms with Gasteiger partial charge in [0, 0.05) is 0 Å². The predicted molar refractivity (Wildman–Crippen MR) is 77.7 cm³/mol. The van der Waals surface area contributed by atoms with E-state index >= 15 is 0 Å². The Morgan fingerprint density at radius 1 is 0.800 bits per heavy atom. The number of halogens is 6. The number of amides is 2. The van der Waals surface area contributed by atoms with Crippen LogP contribution >= 0.6 is 0 Å². The Balaban J connectivity index is 2.71. The number of nitrogens with one attached hydrogen (secondary N) is 1. The van der Waals surface area contributed by atoms with E-state index in [1.807, 2.05) is 5.43 Å². The highest BCUT2D eigenvalue weighted by Gasteiger charge is 2.39. The first-order valence-corrected chi connectivity index (χ1v) is 6.70. The van der Waals surface area contributed by atoms with Crippen LogP contribution in [0.25, 0.3) is 0 Å². The van der Waals surface area contributed by atoms with Gasteiger partial charge < -0.3 is 5.73 Å². The van der Waals surface area contributed by atoms with E-state index in [0.717, 1.165) is 24.3 Å². The number of hydrogen-bond donors (Lipinski definition) is 2. The monoisotopic (exact) mass is 363 g/mol. The summed E-state index contributed by atoms with van der Waals surface area (Å²) in [7, 11) is 0. The minimum atomic E-state index is -4.86. The van der Waals surface area contributed by atoms with Crippen molar-refractivity contribution in [1.82, 2.24) is 5.43 Å². The Labute approximate surface area is 137 Å². The molecule has 0 radical (unpaired) electrons. The van der Waals surface area contributed by atoms with Crippen LogP contribution in [0.15, 0.2) is 48.5 Å². The summed E-state index contributed by atoms with van der Waals surface area (Å²) in [6.45, 7) is 0. The van der Waals surface area contributed by atoms with Crippen molar-refractivity contribution in [1.29, 1.82) is 0 Å². The molecule has 0 aromatic heterocycles. The van der Waals surface area contributed by atoms with E-state index in [1.165, 1.54) is 12.1 Å². The maximum atomic E-state index is 13.2. The SMILES string of the molecule is NC(=O)NN(c1ccccc1C(F)(F)F)c1ccccc1C(F)(F)F. The molecule has 0 aliphatic heterocycles. The minimum absolute atomic E-state index is 0.369. The van der Waals surface area contributed by atoms with E-state index in [1.54, 1.807) is 0 Å². The highest BCUT2D eigenvalue weighted by atomic mass is 19.4. The topological polar surface area (TPSA) is 58.4 Å². The number of benzene rings is 2. The summed E-state index contributed by atoms with van der Waals surface area (Å²) in [6.07, 6.45) is -9.72. The molecule has 0 saturated carbocycles. The highest BCUT2D eigenvalue weighted by molar-refractivity contribution is 5.79. The van der Waals surface area contributed by atoms with E-state index in [2.05, 4.69) is 0 Å². The molecule has 0 bridgehead atoms. The van der Waals surface area contributed by atoms with Crippen LogP contribution < -0.4 is 16.2 Å². The van der Waals surface area contributed by atoms with Crippen molar-refractivity contribution in [2.24, 2.45) is 5.73 Å². The average Bonchev–Trinajstić information content (AvgIpc) is 2.51. The Bertz CT molecular complexity index is 715. The highest BCUT2D eigenvalue weighted by Crippen LogP contribution is 2.42. The van der Waals surface area contributed by atoms with E-state index in [-0.39, 0.29) is 0 Å². The van der Waals surface area contributed by atoms with Gasteiger partial charge in [0.25, 0.3) is 0 Å². The third-order valence-electron chi connectivity index (χ3n) is 3.12. The molecular weight excluding hydrogens is 352 g/mol. The summed E-state index contributed by atoms with van der Waals surface area (Å²) in [5, 5.41) is 0.369. The van der Waals surface area contributed by atoms with Gasteiger partial charge in [0.15, 0.2) is 0 Å². The van der Waals surface area contributed by atoms with Gasteiger partial charge in [0.1, 0.15) is 0 Å². The number of carbonyl (C=O) groups is 1. The van der Waals surface area contributed by atoms with Crippen LogP contribution in [0.1, 0.15) is 11.1 Å². The van der Waals surface area contributed by atoms with Gasteiger partial charge >= 0.3 is 18.4 Å². The lowest BCUT2D eigenvalue weighted by Gasteiger charge is -2.29. The Morgan fingerprint density at radius 2 is 1.16 bits per heavy atom. The van der Waals surface area contributed by atoms with Gasteiger partial charge in [-0.05, 0) is 24.3 Å². The fourth-order valence-corrected chi connectivity index (χ4v) is 2.18. The zero-order valence-corrected chi connectivity index (χ0v) is 12.3. The van der Waals surface area contributed by atoms with Crippen molar-refractivity contribution in [3.63, 3.8) is 0 Å². The lowest BCUT2D eigenvalue weighted by Crippen LogP contribution is -2.43. The molecule has 3 N–H and O–H groups in total. The van der Waals surface area contributed by atoms with Crippen LogP contribution in [-0.2, 0) is 12.4 Å². The molecular formula is C15H11F6N3O. The fraction of sp³-hybridized carbons (Fsp3) is 0.133. The molecule has 0 fully saturated rings. The number of nitrogens with zero attached hydrogens (tertiary/aromatic N) is 1. The van der Waals surface area contributed by atoms with Gasteiger partial charge in [0.05, 0.1) is 22.5 Å². The van der Waals surface area contributed by atoms with Crippen LogP contribution in [0.5, 0.6) is 0 Å². The number of alkyl halides is 6. The van der Waals surface area contributed by atoms with Crippen molar-refractivity contribution < 1.29 is 31.1 Å². The smallest absolute Gasteiger partial charge is 0.350 e. The first kappa shape index (κ1) is 18.4. The first-order valence-electron chi connectivity index (χ1n) is 6.70. The second-order valence-corrected chi connectivity index (χ2v) is 4.84. The molecule has 2 aromatic rings. The molecule has 0 aliphatic rings. The number of carbonyl (C=O) groups excluding carboxylic acids is 1. The molecule has 0 unspecified atom stereocenters. The number of hydrazine groups is 1. The van der Waals surface area contributed by atoms with Crippen LogP contribution in [0.4, 0.5) is 42.5 Å². The quantitative estimate of drug-likeness (QED) is 0.625. The molecule has 10 heteroatoms. The summed E-state index contributed by atoms with van der Waals surface area (Å²) in [5.74, 6) is 0. The van der Waals surface area contributed by atoms with Gasteiger partial charge in [-0.2, -0.15) is 26.3 Å². The summed E-state index contributed by atoms with van der Waals surface area (Å²) >= 11 is 0. The van der Waals surface area contributed by atoms with Crippen molar-refractivity contribution in [2.75, 3.05) is 5.01 Å². The van der Waals surface area contributed by atoms with Gasteiger partial charge in [-0.25, -0.2) is 10.2 Å². The number of anilines is 2. The number of primary amides is 1. The summed E-state index contributed by atoms with van der Waals surface area (Å²) in [6, 6.07) is 6.41. The molecule has 0 heterocycles. The van der Waals surface area contributed by atoms with Crippen molar-refractivity contribution in [3.8, 4) is 0 Å². The molecule has 2 rings (SSSR count). The van der Waals surface area contributed by atoms with E-state index in [4.69, 9.17) is 5.73 Å². The van der Waals surface area contributed by atoms with Crippen LogP contribution in [0.2, 0.25) is 0 Å². The molecule has 0 aliphatic carbocycles. The molecule has 25 heavy (non-hydrogen) atoms. The largest absolute Gasteiger partial charge is 0.418 e. The first-order chi connectivity index (χ1) is 11.5. The number of hydrogen-bond acceptors (Lipinski definition) is 2.